The van der Waals surface area contributed by atoms with Gasteiger partial charge in [-0.3, -0.25) is 4.79 Å². The first-order chi connectivity index (χ1) is 13.0. The number of benzene rings is 1. The maximum atomic E-state index is 12.9. The molecule has 2 aliphatic rings. The monoisotopic (exact) mass is 387 g/mol. The van der Waals surface area contributed by atoms with Crippen LogP contribution in [-0.2, 0) is 17.1 Å². The molecule has 0 radical (unpaired) electrons. The average molecular weight is 388 g/mol. The fraction of sp³-hybridized carbons (Fsp3) is 0.450. The summed E-state index contributed by atoms with van der Waals surface area (Å²) in [6.45, 7) is 1.10. The Morgan fingerprint density at radius 1 is 1.15 bits per heavy atom. The Bertz CT molecular complexity index is 927. The van der Waals surface area contributed by atoms with Crippen LogP contribution in [0.1, 0.15) is 47.8 Å². The van der Waals surface area contributed by atoms with Crippen LogP contribution in [-0.4, -0.2) is 36.3 Å². The van der Waals surface area contributed by atoms with Gasteiger partial charge in [0.25, 0.3) is 5.91 Å². The topological polar surface area (TPSA) is 71.4 Å². The van der Waals surface area contributed by atoms with Crippen LogP contribution in [0.25, 0.3) is 0 Å². The maximum absolute atomic E-state index is 12.9. The molecule has 7 heteroatoms. The highest BCUT2D eigenvalue weighted by Crippen LogP contribution is 2.41. The van der Waals surface area contributed by atoms with Gasteiger partial charge in [0.1, 0.15) is 10.6 Å². The van der Waals surface area contributed by atoms with Crippen molar-refractivity contribution in [3.63, 3.8) is 0 Å². The lowest BCUT2D eigenvalue weighted by Gasteiger charge is -2.19. The van der Waals surface area contributed by atoms with Gasteiger partial charge in [-0.25, -0.2) is 8.42 Å². The molecule has 0 spiro atoms. The number of carbonyl (C=O) groups is 1. The van der Waals surface area contributed by atoms with Crippen molar-refractivity contribution in [2.45, 2.75) is 36.6 Å². The van der Waals surface area contributed by atoms with Gasteiger partial charge in [0.15, 0.2) is 0 Å². The highest BCUT2D eigenvalue weighted by molar-refractivity contribution is 7.89. The Morgan fingerprint density at radius 2 is 1.81 bits per heavy atom. The Labute approximate surface area is 160 Å². The molecule has 1 N–H and O–H groups in total. The third-order valence-corrected chi connectivity index (χ3v) is 7.32. The summed E-state index contributed by atoms with van der Waals surface area (Å²) in [6, 6.07) is 11.4. The van der Waals surface area contributed by atoms with Crippen LogP contribution in [0.2, 0.25) is 0 Å². The zero-order valence-corrected chi connectivity index (χ0v) is 16.3. The average Bonchev–Trinajstić information content (AvgIpc) is 3.17. The van der Waals surface area contributed by atoms with Gasteiger partial charge in [-0.15, -0.1) is 0 Å². The van der Waals surface area contributed by atoms with Gasteiger partial charge in [0, 0.05) is 26.3 Å². The zero-order valence-electron chi connectivity index (χ0n) is 15.5. The van der Waals surface area contributed by atoms with E-state index in [1.807, 2.05) is 30.3 Å². The molecular formula is C20H25N3O3S. The number of hydrogen-bond acceptors (Lipinski definition) is 3. The van der Waals surface area contributed by atoms with Crippen molar-refractivity contribution in [2.24, 2.45) is 13.0 Å². The molecule has 6 nitrogen and oxygen atoms in total. The molecular weight excluding hydrogens is 362 g/mol. The SMILES string of the molecule is Cn1cc(S(=O)(=O)N2CCCC2)cc1C(=O)NC(c1ccccc1)C1CC1. The molecule has 1 aliphatic heterocycles. The normalized spacial score (nSPS) is 19.1. The van der Waals surface area contributed by atoms with Crippen molar-refractivity contribution in [1.29, 1.82) is 0 Å². The number of aryl methyl sites for hydroxylation is 1. The van der Waals surface area contributed by atoms with Gasteiger partial charge in [0.2, 0.25) is 10.0 Å². The molecule has 2 heterocycles. The standard InChI is InChI=1S/C20H25N3O3S/c1-22-14-17(27(25,26)23-11-5-6-12-23)13-18(22)20(24)21-19(16-9-10-16)15-7-3-2-4-8-15/h2-4,7-8,13-14,16,19H,5-6,9-12H2,1H3,(H,21,24). The van der Waals surface area contributed by atoms with Crippen LogP contribution in [0.3, 0.4) is 0 Å². The molecule has 0 bridgehead atoms. The van der Waals surface area contributed by atoms with E-state index in [-0.39, 0.29) is 16.8 Å². The Kier molecular flexibility index (Phi) is 4.82. The molecule has 4 rings (SSSR count). The first kappa shape index (κ1) is 18.3. The molecule has 1 saturated carbocycles. The van der Waals surface area contributed by atoms with Crippen LogP contribution >= 0.6 is 0 Å². The van der Waals surface area contributed by atoms with E-state index in [9.17, 15) is 13.2 Å². The number of aromatic nitrogens is 1. The second-order valence-electron chi connectivity index (χ2n) is 7.48. The predicted octanol–water partition coefficient (Wildman–Crippen LogP) is 2.69. The summed E-state index contributed by atoms with van der Waals surface area (Å²) < 4.78 is 28.6. The lowest BCUT2D eigenvalue weighted by molar-refractivity contribution is 0.0923. The van der Waals surface area contributed by atoms with Crippen molar-refractivity contribution >= 4 is 15.9 Å². The van der Waals surface area contributed by atoms with Crippen LogP contribution in [0.4, 0.5) is 0 Å². The van der Waals surface area contributed by atoms with E-state index in [2.05, 4.69) is 5.32 Å². The molecule has 2 aromatic rings. The number of rotatable bonds is 6. The van der Waals surface area contributed by atoms with Crippen LogP contribution in [0, 0.1) is 5.92 Å². The largest absolute Gasteiger partial charge is 0.345 e. The summed E-state index contributed by atoms with van der Waals surface area (Å²) >= 11 is 0. The van der Waals surface area contributed by atoms with E-state index >= 15 is 0 Å². The van der Waals surface area contributed by atoms with Gasteiger partial charge in [-0.05, 0) is 43.2 Å². The lowest BCUT2D eigenvalue weighted by atomic mass is 10.0. The van der Waals surface area contributed by atoms with Crippen molar-refractivity contribution in [3.8, 4) is 0 Å². The predicted molar refractivity (Wildman–Crippen MR) is 103 cm³/mol. The summed E-state index contributed by atoms with van der Waals surface area (Å²) in [5, 5.41) is 3.12. The highest BCUT2D eigenvalue weighted by Gasteiger charge is 2.34. The van der Waals surface area contributed by atoms with Gasteiger partial charge >= 0.3 is 0 Å². The summed E-state index contributed by atoms with van der Waals surface area (Å²) in [5.74, 6) is 0.213. The number of hydrogen-bond donors (Lipinski definition) is 1. The van der Waals surface area contributed by atoms with Crippen LogP contribution in [0.15, 0.2) is 47.5 Å². The first-order valence-corrected chi connectivity index (χ1v) is 10.9. The Hall–Kier alpha value is -2.12. The maximum Gasteiger partial charge on any atom is 0.268 e. The van der Waals surface area contributed by atoms with Gasteiger partial charge in [-0.1, -0.05) is 30.3 Å². The van der Waals surface area contributed by atoms with Crippen molar-refractivity contribution in [2.75, 3.05) is 13.1 Å². The lowest BCUT2D eigenvalue weighted by Crippen LogP contribution is -2.31. The molecule has 1 saturated heterocycles. The van der Waals surface area contributed by atoms with E-state index in [1.165, 1.54) is 16.6 Å². The molecule has 1 aromatic heterocycles. The van der Waals surface area contributed by atoms with E-state index in [1.54, 1.807) is 11.6 Å². The minimum Gasteiger partial charge on any atom is -0.345 e. The van der Waals surface area contributed by atoms with E-state index in [0.29, 0.717) is 24.7 Å². The van der Waals surface area contributed by atoms with Crippen molar-refractivity contribution < 1.29 is 13.2 Å². The Morgan fingerprint density at radius 3 is 2.44 bits per heavy atom. The van der Waals surface area contributed by atoms with Crippen molar-refractivity contribution in [3.05, 3.63) is 53.9 Å². The minimum atomic E-state index is -3.53. The van der Waals surface area contributed by atoms with E-state index in [4.69, 9.17) is 0 Å². The molecule has 1 unspecified atom stereocenters. The summed E-state index contributed by atoms with van der Waals surface area (Å²) in [4.78, 5) is 13.1. The number of sulfonamides is 1. The van der Waals surface area contributed by atoms with Crippen LogP contribution in [0.5, 0.6) is 0 Å². The number of nitrogens with zero attached hydrogens (tertiary/aromatic N) is 2. The quantitative estimate of drug-likeness (QED) is 0.828. The third-order valence-electron chi connectivity index (χ3n) is 5.45. The fourth-order valence-corrected chi connectivity index (χ4v) is 5.35. The molecule has 1 amide bonds. The second-order valence-corrected chi connectivity index (χ2v) is 9.42. The fourth-order valence-electron chi connectivity index (χ4n) is 3.76. The second kappa shape index (κ2) is 7.13. The van der Waals surface area contributed by atoms with Gasteiger partial charge < -0.3 is 9.88 Å². The zero-order chi connectivity index (χ0) is 19.0. The molecule has 2 fully saturated rings. The highest BCUT2D eigenvalue weighted by atomic mass is 32.2. The summed E-state index contributed by atoms with van der Waals surface area (Å²) in [7, 11) is -1.81. The Balaban J connectivity index is 1.56. The minimum absolute atomic E-state index is 0.0350. The third kappa shape index (κ3) is 3.66. The van der Waals surface area contributed by atoms with E-state index < -0.39 is 10.0 Å². The molecule has 144 valence electrons. The molecule has 1 aliphatic carbocycles. The number of amides is 1. The van der Waals surface area contributed by atoms with Crippen molar-refractivity contribution in [1.82, 2.24) is 14.2 Å². The van der Waals surface area contributed by atoms with Gasteiger partial charge in [0.05, 0.1) is 6.04 Å². The van der Waals surface area contributed by atoms with Gasteiger partial charge in [-0.2, -0.15) is 4.31 Å². The molecule has 1 aromatic carbocycles. The van der Waals surface area contributed by atoms with E-state index in [0.717, 1.165) is 31.2 Å². The smallest absolute Gasteiger partial charge is 0.268 e. The number of nitrogens with one attached hydrogen (secondary N) is 1. The molecule has 1 atom stereocenters. The van der Waals surface area contributed by atoms with Crippen LogP contribution < -0.4 is 5.32 Å². The summed E-state index contributed by atoms with van der Waals surface area (Å²) in [5.41, 5.74) is 1.46. The molecule has 27 heavy (non-hydrogen) atoms. The number of carbonyl (C=O) groups excluding carboxylic acids is 1. The summed E-state index contributed by atoms with van der Waals surface area (Å²) in [6.07, 6.45) is 5.51. The first-order valence-electron chi connectivity index (χ1n) is 9.49.